The lowest BCUT2D eigenvalue weighted by Crippen LogP contribution is -2.29. The van der Waals surface area contributed by atoms with Crippen molar-refractivity contribution in [3.8, 4) is 0 Å². The van der Waals surface area contributed by atoms with Crippen LogP contribution in [-0.2, 0) is 4.74 Å². The van der Waals surface area contributed by atoms with E-state index in [0.29, 0.717) is 0 Å². The Morgan fingerprint density at radius 3 is 3.00 bits per heavy atom. The molecule has 3 heteroatoms. The van der Waals surface area contributed by atoms with Gasteiger partial charge in [0.1, 0.15) is 6.23 Å². The number of aliphatic hydroxyl groups excluding tert-OH is 1. The van der Waals surface area contributed by atoms with Crippen molar-refractivity contribution in [2.75, 3.05) is 26.3 Å². The predicted octanol–water partition coefficient (Wildman–Crippen LogP) is 0.0470. The van der Waals surface area contributed by atoms with E-state index in [4.69, 9.17) is 9.84 Å². The average Bonchev–Trinajstić information content (AvgIpc) is 2.31. The Hall–Kier alpha value is -0.120. The van der Waals surface area contributed by atoms with Crippen LogP contribution in [0.4, 0.5) is 0 Å². The van der Waals surface area contributed by atoms with Gasteiger partial charge in [0, 0.05) is 19.7 Å². The van der Waals surface area contributed by atoms with Gasteiger partial charge in [0.15, 0.2) is 0 Å². The molecular weight excluding hydrogens is 130 g/mol. The van der Waals surface area contributed by atoms with Gasteiger partial charge in [0.05, 0.1) is 6.61 Å². The van der Waals surface area contributed by atoms with E-state index in [1.54, 1.807) is 0 Å². The van der Waals surface area contributed by atoms with Crippen LogP contribution >= 0.6 is 0 Å². The molecule has 1 N–H and O–H groups in total. The number of ether oxygens (including phenoxy) is 1. The normalized spacial score (nSPS) is 27.6. The van der Waals surface area contributed by atoms with E-state index in [1.165, 1.54) is 0 Å². The van der Waals surface area contributed by atoms with Gasteiger partial charge >= 0.3 is 0 Å². The molecule has 1 atom stereocenters. The van der Waals surface area contributed by atoms with Crippen LogP contribution in [-0.4, -0.2) is 42.5 Å². The first-order valence-electron chi connectivity index (χ1n) is 3.81. The quantitative estimate of drug-likeness (QED) is 0.609. The van der Waals surface area contributed by atoms with E-state index in [2.05, 4.69) is 4.90 Å². The molecule has 1 fully saturated rings. The van der Waals surface area contributed by atoms with Crippen molar-refractivity contribution in [1.82, 2.24) is 4.90 Å². The molecule has 0 radical (unpaired) electrons. The molecule has 0 aliphatic carbocycles. The maximum Gasteiger partial charge on any atom is 0.107 e. The molecule has 0 amide bonds. The molecule has 0 aromatic heterocycles. The molecule has 3 nitrogen and oxygen atoms in total. The molecule has 10 heavy (non-hydrogen) atoms. The monoisotopic (exact) mass is 145 g/mol. The van der Waals surface area contributed by atoms with E-state index in [-0.39, 0.29) is 12.8 Å². The van der Waals surface area contributed by atoms with Crippen LogP contribution in [0.25, 0.3) is 0 Å². The van der Waals surface area contributed by atoms with Crippen molar-refractivity contribution in [3.63, 3.8) is 0 Å². The Balaban J connectivity index is 2.14. The summed E-state index contributed by atoms with van der Waals surface area (Å²) in [7, 11) is 0. The zero-order chi connectivity index (χ0) is 7.40. The first-order chi connectivity index (χ1) is 4.84. The molecule has 1 aliphatic heterocycles. The zero-order valence-corrected chi connectivity index (χ0v) is 6.42. The Morgan fingerprint density at radius 2 is 2.50 bits per heavy atom. The van der Waals surface area contributed by atoms with E-state index in [1.807, 2.05) is 6.92 Å². The standard InChI is InChI=1S/C7H15NO2/c1-7-8(3-2-5-9)4-6-10-7/h7,9H,2-6H2,1H3. The molecule has 0 aromatic rings. The third-order valence-corrected chi connectivity index (χ3v) is 1.86. The minimum atomic E-state index is 0.256. The molecule has 1 rings (SSSR count). The van der Waals surface area contributed by atoms with Crippen LogP contribution in [0, 0.1) is 0 Å². The number of rotatable bonds is 3. The van der Waals surface area contributed by atoms with Crippen molar-refractivity contribution in [1.29, 1.82) is 0 Å². The molecule has 1 heterocycles. The lowest BCUT2D eigenvalue weighted by Gasteiger charge is -2.17. The van der Waals surface area contributed by atoms with Crippen LogP contribution in [0.2, 0.25) is 0 Å². The highest BCUT2D eigenvalue weighted by molar-refractivity contribution is 4.64. The van der Waals surface area contributed by atoms with Crippen molar-refractivity contribution in [3.05, 3.63) is 0 Å². The highest BCUT2D eigenvalue weighted by Crippen LogP contribution is 2.08. The van der Waals surface area contributed by atoms with Gasteiger partial charge in [0.25, 0.3) is 0 Å². The highest BCUT2D eigenvalue weighted by atomic mass is 16.5. The third kappa shape index (κ3) is 1.94. The second-order valence-electron chi connectivity index (χ2n) is 2.58. The van der Waals surface area contributed by atoms with Gasteiger partial charge in [-0.15, -0.1) is 0 Å². The molecule has 1 aliphatic rings. The Bertz CT molecular complexity index is 97.6. The summed E-state index contributed by atoms with van der Waals surface area (Å²) in [5, 5.41) is 8.55. The summed E-state index contributed by atoms with van der Waals surface area (Å²) in [6.07, 6.45) is 1.11. The van der Waals surface area contributed by atoms with Gasteiger partial charge in [-0.25, -0.2) is 0 Å². The highest BCUT2D eigenvalue weighted by Gasteiger charge is 2.19. The molecule has 60 valence electrons. The topological polar surface area (TPSA) is 32.7 Å². The lowest BCUT2D eigenvalue weighted by atomic mass is 10.4. The van der Waals surface area contributed by atoms with Crippen LogP contribution in [0.5, 0.6) is 0 Å². The van der Waals surface area contributed by atoms with Crippen molar-refractivity contribution in [2.45, 2.75) is 19.6 Å². The second kappa shape index (κ2) is 3.91. The number of hydrogen-bond donors (Lipinski definition) is 1. The summed E-state index contributed by atoms with van der Waals surface area (Å²) in [5.74, 6) is 0. The fourth-order valence-electron chi connectivity index (χ4n) is 1.20. The summed E-state index contributed by atoms with van der Waals surface area (Å²) in [6.45, 7) is 5.14. The summed E-state index contributed by atoms with van der Waals surface area (Å²) >= 11 is 0. The predicted molar refractivity (Wildman–Crippen MR) is 38.7 cm³/mol. The number of nitrogens with zero attached hydrogens (tertiary/aromatic N) is 1. The van der Waals surface area contributed by atoms with Gasteiger partial charge in [-0.2, -0.15) is 0 Å². The second-order valence-corrected chi connectivity index (χ2v) is 2.58. The Morgan fingerprint density at radius 1 is 1.70 bits per heavy atom. The van der Waals surface area contributed by atoms with E-state index >= 15 is 0 Å². The van der Waals surface area contributed by atoms with Crippen LogP contribution in [0.15, 0.2) is 0 Å². The van der Waals surface area contributed by atoms with Crippen molar-refractivity contribution < 1.29 is 9.84 Å². The maximum atomic E-state index is 8.55. The molecule has 0 spiro atoms. The van der Waals surface area contributed by atoms with Gasteiger partial charge in [-0.3, -0.25) is 4.90 Å². The number of hydrogen-bond acceptors (Lipinski definition) is 3. The Labute approximate surface area is 61.6 Å². The summed E-state index contributed by atoms with van der Waals surface area (Å²) in [4.78, 5) is 2.23. The zero-order valence-electron chi connectivity index (χ0n) is 6.42. The van der Waals surface area contributed by atoms with E-state index < -0.39 is 0 Å². The van der Waals surface area contributed by atoms with E-state index in [9.17, 15) is 0 Å². The fraction of sp³-hybridized carbons (Fsp3) is 1.00. The molecule has 0 aromatic carbocycles. The van der Waals surface area contributed by atoms with Crippen molar-refractivity contribution in [2.24, 2.45) is 0 Å². The molecular formula is C7H15NO2. The minimum absolute atomic E-state index is 0.256. The molecule has 1 saturated heterocycles. The van der Waals surface area contributed by atoms with Crippen molar-refractivity contribution >= 4 is 0 Å². The van der Waals surface area contributed by atoms with Gasteiger partial charge in [-0.05, 0) is 13.3 Å². The van der Waals surface area contributed by atoms with Gasteiger partial charge in [-0.1, -0.05) is 0 Å². The van der Waals surface area contributed by atoms with Crippen LogP contribution < -0.4 is 0 Å². The summed E-state index contributed by atoms with van der Waals surface area (Å²) in [6, 6.07) is 0. The summed E-state index contributed by atoms with van der Waals surface area (Å²) < 4.78 is 5.31. The van der Waals surface area contributed by atoms with E-state index in [0.717, 1.165) is 26.1 Å². The molecule has 0 saturated carbocycles. The summed E-state index contributed by atoms with van der Waals surface area (Å²) in [5.41, 5.74) is 0. The largest absolute Gasteiger partial charge is 0.396 e. The van der Waals surface area contributed by atoms with Crippen LogP contribution in [0.3, 0.4) is 0 Å². The van der Waals surface area contributed by atoms with Crippen LogP contribution in [0.1, 0.15) is 13.3 Å². The SMILES string of the molecule is CC1OCCN1CCCO. The third-order valence-electron chi connectivity index (χ3n) is 1.86. The molecule has 0 bridgehead atoms. The maximum absolute atomic E-state index is 8.55. The Kier molecular flexibility index (Phi) is 3.12. The first-order valence-corrected chi connectivity index (χ1v) is 3.81. The fourth-order valence-corrected chi connectivity index (χ4v) is 1.20. The molecule has 1 unspecified atom stereocenters. The smallest absolute Gasteiger partial charge is 0.107 e. The lowest BCUT2D eigenvalue weighted by molar-refractivity contribution is 0.0470. The average molecular weight is 145 g/mol. The van der Waals surface area contributed by atoms with Gasteiger partial charge in [0.2, 0.25) is 0 Å². The first kappa shape index (κ1) is 7.98. The van der Waals surface area contributed by atoms with Gasteiger partial charge < -0.3 is 9.84 Å². The number of aliphatic hydroxyl groups is 1. The minimum Gasteiger partial charge on any atom is -0.396 e.